The lowest BCUT2D eigenvalue weighted by molar-refractivity contribution is 0.0955. The molecule has 2 aromatic rings. The number of ether oxygens (including phenoxy) is 1. The molecule has 0 aliphatic carbocycles. The first-order valence-corrected chi connectivity index (χ1v) is 6.99. The van der Waals surface area contributed by atoms with Gasteiger partial charge in [-0.2, -0.15) is 5.10 Å². The summed E-state index contributed by atoms with van der Waals surface area (Å²) in [6.45, 7) is 0. The predicted octanol–water partition coefficient (Wildman–Crippen LogP) is 2.63. The Labute approximate surface area is 135 Å². The average Bonchev–Trinajstić information content (AvgIpc) is 2.51. The smallest absolute Gasteiger partial charge is 0.271 e. The second kappa shape index (κ2) is 6.95. The van der Waals surface area contributed by atoms with Gasteiger partial charge in [0.1, 0.15) is 5.75 Å². The summed E-state index contributed by atoms with van der Waals surface area (Å²) in [6.07, 6.45) is 1.42. The largest absolute Gasteiger partial charge is 0.508 e. The second-order valence-electron chi connectivity index (χ2n) is 4.30. The number of methoxy groups -OCH3 is 1. The summed E-state index contributed by atoms with van der Waals surface area (Å²) in [5.41, 5.74) is 3.38. The molecule has 6 nitrogen and oxygen atoms in total. The zero-order valence-corrected chi connectivity index (χ0v) is 13.2. The highest BCUT2D eigenvalue weighted by atomic mass is 79.9. The maximum atomic E-state index is 11.8. The molecule has 7 heteroatoms. The van der Waals surface area contributed by atoms with Crippen molar-refractivity contribution in [3.63, 3.8) is 0 Å². The van der Waals surface area contributed by atoms with Crippen LogP contribution in [0.4, 0.5) is 0 Å². The van der Waals surface area contributed by atoms with Crippen LogP contribution in [0.2, 0.25) is 0 Å². The molecule has 22 heavy (non-hydrogen) atoms. The van der Waals surface area contributed by atoms with Crippen molar-refractivity contribution in [2.75, 3.05) is 7.11 Å². The number of hydrazone groups is 1. The molecule has 0 aliphatic rings. The highest BCUT2D eigenvalue weighted by molar-refractivity contribution is 9.10. The quantitative estimate of drug-likeness (QED) is 0.574. The van der Waals surface area contributed by atoms with Gasteiger partial charge in [-0.15, -0.1) is 0 Å². The van der Waals surface area contributed by atoms with E-state index in [1.807, 2.05) is 0 Å². The zero-order valence-electron chi connectivity index (χ0n) is 11.6. The number of carbonyl (C=O) groups is 1. The summed E-state index contributed by atoms with van der Waals surface area (Å²) < 4.78 is 5.48. The molecule has 3 N–H and O–H groups in total. The van der Waals surface area contributed by atoms with Crippen molar-refractivity contribution in [2.24, 2.45) is 5.10 Å². The van der Waals surface area contributed by atoms with Crippen LogP contribution in [0.15, 0.2) is 46.0 Å². The summed E-state index contributed by atoms with van der Waals surface area (Å²) >= 11 is 3.20. The van der Waals surface area contributed by atoms with Crippen LogP contribution in [-0.2, 0) is 0 Å². The van der Waals surface area contributed by atoms with Gasteiger partial charge in [0.2, 0.25) is 0 Å². The molecule has 0 unspecified atom stereocenters. The Kier molecular flexibility index (Phi) is 5.00. The molecule has 0 saturated carbocycles. The Morgan fingerprint density at radius 1 is 1.27 bits per heavy atom. The number of nitrogens with one attached hydrogen (secondary N) is 1. The van der Waals surface area contributed by atoms with Crippen LogP contribution in [0.1, 0.15) is 15.9 Å². The lowest BCUT2D eigenvalue weighted by Gasteiger charge is -2.06. The molecule has 0 saturated heterocycles. The summed E-state index contributed by atoms with van der Waals surface area (Å²) in [5.74, 6) is -0.0318. The van der Waals surface area contributed by atoms with Crippen LogP contribution < -0.4 is 10.2 Å². The number of hydrogen-bond donors (Lipinski definition) is 3. The number of hydrogen-bond acceptors (Lipinski definition) is 5. The summed E-state index contributed by atoms with van der Waals surface area (Å²) in [5, 5.41) is 22.7. The highest BCUT2D eigenvalue weighted by Gasteiger charge is 2.08. The molecule has 0 bridgehead atoms. The van der Waals surface area contributed by atoms with E-state index in [-0.39, 0.29) is 11.5 Å². The first-order valence-electron chi connectivity index (χ1n) is 6.20. The minimum Gasteiger partial charge on any atom is -0.508 e. The maximum absolute atomic E-state index is 11.8. The Balaban J connectivity index is 2.08. The highest BCUT2D eigenvalue weighted by Crippen LogP contribution is 2.34. The van der Waals surface area contributed by atoms with Crippen LogP contribution in [0, 0.1) is 0 Å². The van der Waals surface area contributed by atoms with E-state index in [2.05, 4.69) is 26.5 Å². The van der Waals surface area contributed by atoms with E-state index in [4.69, 9.17) is 9.84 Å². The fourth-order valence-corrected chi connectivity index (χ4v) is 2.13. The number of rotatable bonds is 4. The Morgan fingerprint density at radius 3 is 2.59 bits per heavy atom. The first-order chi connectivity index (χ1) is 10.5. The molecular weight excluding hydrogens is 352 g/mol. The monoisotopic (exact) mass is 364 g/mol. The minimum atomic E-state index is -0.402. The summed E-state index contributed by atoms with van der Waals surface area (Å²) in [7, 11) is 1.44. The molecular formula is C15H13BrN2O4. The van der Waals surface area contributed by atoms with Gasteiger partial charge in [0, 0.05) is 5.56 Å². The van der Waals surface area contributed by atoms with E-state index < -0.39 is 5.91 Å². The molecule has 114 valence electrons. The van der Waals surface area contributed by atoms with Gasteiger partial charge < -0.3 is 14.9 Å². The lowest BCUT2D eigenvalue weighted by Crippen LogP contribution is -2.17. The van der Waals surface area contributed by atoms with Gasteiger partial charge >= 0.3 is 0 Å². The number of halogens is 1. The van der Waals surface area contributed by atoms with Crippen molar-refractivity contribution in [3.05, 3.63) is 52.0 Å². The van der Waals surface area contributed by atoms with Gasteiger partial charge in [-0.25, -0.2) is 5.43 Å². The fourth-order valence-electron chi connectivity index (χ4n) is 1.67. The standard InChI is InChI=1S/C15H13BrN2O4/c1-22-13-7-9(6-12(16)14(13)20)8-17-18-15(21)10-2-4-11(19)5-3-10/h2-8,19-20H,1H3,(H,18,21). The third kappa shape index (κ3) is 3.76. The molecule has 0 heterocycles. The first kappa shape index (κ1) is 15.8. The van der Waals surface area contributed by atoms with Crippen molar-refractivity contribution >= 4 is 28.1 Å². The molecule has 0 radical (unpaired) electrons. The van der Waals surface area contributed by atoms with Gasteiger partial charge in [-0.05, 0) is 57.9 Å². The molecule has 0 fully saturated rings. The van der Waals surface area contributed by atoms with Crippen molar-refractivity contribution in [1.82, 2.24) is 5.43 Å². The van der Waals surface area contributed by atoms with E-state index >= 15 is 0 Å². The average molecular weight is 365 g/mol. The number of benzene rings is 2. The van der Waals surface area contributed by atoms with Crippen molar-refractivity contribution in [2.45, 2.75) is 0 Å². The molecule has 2 rings (SSSR count). The topological polar surface area (TPSA) is 91.2 Å². The number of phenols is 2. The van der Waals surface area contributed by atoms with Gasteiger partial charge in [-0.3, -0.25) is 4.79 Å². The van der Waals surface area contributed by atoms with Gasteiger partial charge in [0.15, 0.2) is 11.5 Å². The number of carbonyl (C=O) groups excluding carboxylic acids is 1. The molecule has 1 amide bonds. The van der Waals surface area contributed by atoms with E-state index in [1.165, 1.54) is 37.6 Å². The van der Waals surface area contributed by atoms with E-state index in [1.54, 1.807) is 12.1 Å². The van der Waals surface area contributed by atoms with E-state index in [0.717, 1.165) is 0 Å². The third-order valence-corrected chi connectivity index (χ3v) is 3.38. The third-order valence-electron chi connectivity index (χ3n) is 2.78. The number of amides is 1. The number of nitrogens with zero attached hydrogens (tertiary/aromatic N) is 1. The second-order valence-corrected chi connectivity index (χ2v) is 5.15. The number of phenolic OH excluding ortho intramolecular Hbond substituents is 2. The predicted molar refractivity (Wildman–Crippen MR) is 85.5 cm³/mol. The Hall–Kier alpha value is -2.54. The molecule has 2 aromatic carbocycles. The fraction of sp³-hybridized carbons (Fsp3) is 0.0667. The van der Waals surface area contributed by atoms with Gasteiger partial charge in [0.25, 0.3) is 5.91 Å². The molecule has 0 spiro atoms. The van der Waals surface area contributed by atoms with Gasteiger partial charge in [-0.1, -0.05) is 0 Å². The van der Waals surface area contributed by atoms with Crippen LogP contribution in [-0.4, -0.2) is 29.4 Å². The van der Waals surface area contributed by atoms with Crippen molar-refractivity contribution < 1.29 is 19.7 Å². The summed E-state index contributed by atoms with van der Waals surface area (Å²) in [4.78, 5) is 11.8. The van der Waals surface area contributed by atoms with E-state index in [9.17, 15) is 9.90 Å². The normalized spacial score (nSPS) is 10.6. The SMILES string of the molecule is COc1cc(C=NNC(=O)c2ccc(O)cc2)cc(Br)c1O. The molecule has 0 aliphatic heterocycles. The van der Waals surface area contributed by atoms with Crippen LogP contribution in [0.25, 0.3) is 0 Å². The van der Waals surface area contributed by atoms with E-state index in [0.29, 0.717) is 21.3 Å². The Bertz CT molecular complexity index is 714. The molecule has 0 aromatic heterocycles. The zero-order chi connectivity index (χ0) is 16.1. The van der Waals surface area contributed by atoms with Crippen molar-refractivity contribution in [3.8, 4) is 17.2 Å². The van der Waals surface area contributed by atoms with Gasteiger partial charge in [0.05, 0.1) is 17.8 Å². The number of aromatic hydroxyl groups is 2. The minimum absolute atomic E-state index is 0.00669. The lowest BCUT2D eigenvalue weighted by atomic mass is 10.2. The van der Waals surface area contributed by atoms with Crippen LogP contribution in [0.5, 0.6) is 17.2 Å². The maximum Gasteiger partial charge on any atom is 0.271 e. The van der Waals surface area contributed by atoms with Crippen molar-refractivity contribution in [1.29, 1.82) is 0 Å². The summed E-state index contributed by atoms with van der Waals surface area (Å²) in [6, 6.07) is 9.02. The van der Waals surface area contributed by atoms with Crippen LogP contribution >= 0.6 is 15.9 Å². The Morgan fingerprint density at radius 2 is 1.95 bits per heavy atom. The van der Waals surface area contributed by atoms with Crippen LogP contribution in [0.3, 0.4) is 0 Å². The molecule has 0 atom stereocenters.